The zero-order valence-corrected chi connectivity index (χ0v) is 17.4. The van der Waals surface area contributed by atoms with Gasteiger partial charge in [0, 0.05) is 35.7 Å². The Hall–Kier alpha value is -1.62. The van der Waals surface area contributed by atoms with Gasteiger partial charge in [0.05, 0.1) is 37.3 Å². The molecule has 29 heavy (non-hydrogen) atoms. The van der Waals surface area contributed by atoms with Crippen molar-refractivity contribution < 1.29 is 29.3 Å². The fourth-order valence-corrected chi connectivity index (χ4v) is 6.32. The first kappa shape index (κ1) is 20.6. The van der Waals surface area contributed by atoms with Crippen LogP contribution in [0.1, 0.15) is 20.3 Å². The van der Waals surface area contributed by atoms with Crippen molar-refractivity contribution in [1.82, 2.24) is 15.1 Å². The van der Waals surface area contributed by atoms with E-state index in [1.807, 2.05) is 11.8 Å². The van der Waals surface area contributed by atoms with Crippen LogP contribution in [0.5, 0.6) is 0 Å². The van der Waals surface area contributed by atoms with Crippen molar-refractivity contribution in [3.8, 4) is 0 Å². The van der Waals surface area contributed by atoms with Crippen molar-refractivity contribution in [3.05, 3.63) is 10.6 Å². The number of carboxylic acids is 1. The SMILES string of the molecule is CC(O)C1C(=O)N2C(C(=O)O)=C(SC3CNC(C(=O)N4CCOCC4)C3)C(C)[C@@H]12. The van der Waals surface area contributed by atoms with Crippen LogP contribution in [0.4, 0.5) is 0 Å². The maximum atomic E-state index is 12.7. The van der Waals surface area contributed by atoms with E-state index in [0.29, 0.717) is 44.2 Å². The van der Waals surface area contributed by atoms with Gasteiger partial charge in [-0.25, -0.2) is 4.79 Å². The Kier molecular flexibility index (Phi) is 5.62. The molecule has 9 nitrogen and oxygen atoms in total. The second kappa shape index (κ2) is 7.90. The number of carbonyl (C=O) groups is 3. The van der Waals surface area contributed by atoms with Gasteiger partial charge in [-0.2, -0.15) is 0 Å². The van der Waals surface area contributed by atoms with E-state index in [2.05, 4.69) is 5.32 Å². The van der Waals surface area contributed by atoms with Crippen molar-refractivity contribution in [1.29, 1.82) is 0 Å². The minimum atomic E-state index is -1.12. The molecule has 10 heteroatoms. The number of fused-ring (bicyclic) bond motifs is 1. The molecule has 0 spiro atoms. The largest absolute Gasteiger partial charge is 0.477 e. The summed E-state index contributed by atoms with van der Waals surface area (Å²) in [6.07, 6.45) is -0.197. The molecule has 0 bridgehead atoms. The van der Waals surface area contributed by atoms with Gasteiger partial charge < -0.3 is 30.1 Å². The topological polar surface area (TPSA) is 119 Å². The highest BCUT2D eigenvalue weighted by Crippen LogP contribution is 2.51. The van der Waals surface area contributed by atoms with Crippen LogP contribution in [0.2, 0.25) is 0 Å². The van der Waals surface area contributed by atoms with Crippen LogP contribution < -0.4 is 5.32 Å². The van der Waals surface area contributed by atoms with Gasteiger partial charge in [-0.05, 0) is 13.3 Å². The van der Waals surface area contributed by atoms with Gasteiger partial charge in [0.1, 0.15) is 5.70 Å². The van der Waals surface area contributed by atoms with Gasteiger partial charge in [0.2, 0.25) is 11.8 Å². The second-order valence-electron chi connectivity index (χ2n) is 8.15. The third-order valence-electron chi connectivity index (χ3n) is 6.32. The zero-order valence-electron chi connectivity index (χ0n) is 16.5. The predicted molar refractivity (Wildman–Crippen MR) is 105 cm³/mol. The fraction of sp³-hybridized carbons (Fsp3) is 0.737. The van der Waals surface area contributed by atoms with E-state index in [0.717, 1.165) is 0 Å². The number of ether oxygens (including phenoxy) is 1. The van der Waals surface area contributed by atoms with Crippen molar-refractivity contribution in [2.45, 2.75) is 43.7 Å². The molecule has 0 radical (unpaired) electrons. The molecule has 0 aromatic rings. The quantitative estimate of drug-likeness (QED) is 0.503. The van der Waals surface area contributed by atoms with Crippen LogP contribution in [-0.2, 0) is 19.1 Å². The average Bonchev–Trinajstić information content (AvgIpc) is 3.24. The van der Waals surface area contributed by atoms with E-state index in [-0.39, 0.29) is 40.8 Å². The molecule has 3 fully saturated rings. The number of amides is 2. The summed E-state index contributed by atoms with van der Waals surface area (Å²) in [5.41, 5.74) is 0.0392. The molecule has 5 unspecified atom stereocenters. The number of aliphatic carboxylic acids is 1. The van der Waals surface area contributed by atoms with Crippen LogP contribution in [0.15, 0.2) is 10.6 Å². The highest BCUT2D eigenvalue weighted by Gasteiger charge is 2.60. The summed E-state index contributed by atoms with van der Waals surface area (Å²) >= 11 is 1.46. The number of nitrogens with one attached hydrogen (secondary N) is 1. The lowest BCUT2D eigenvalue weighted by atomic mass is 9.79. The highest BCUT2D eigenvalue weighted by molar-refractivity contribution is 8.03. The number of aliphatic hydroxyl groups is 1. The van der Waals surface area contributed by atoms with Crippen molar-refractivity contribution in [3.63, 3.8) is 0 Å². The van der Waals surface area contributed by atoms with Gasteiger partial charge in [-0.3, -0.25) is 9.59 Å². The third-order valence-corrected chi connectivity index (χ3v) is 7.83. The van der Waals surface area contributed by atoms with Crippen LogP contribution in [0.25, 0.3) is 0 Å². The first-order chi connectivity index (χ1) is 13.8. The molecule has 0 aliphatic carbocycles. The first-order valence-corrected chi connectivity index (χ1v) is 10.9. The number of carboxylic acid groups (broad SMARTS) is 1. The molecule has 3 saturated heterocycles. The maximum Gasteiger partial charge on any atom is 0.353 e. The molecule has 4 aliphatic rings. The summed E-state index contributed by atoms with van der Waals surface area (Å²) in [6, 6.07) is -0.587. The van der Waals surface area contributed by atoms with Crippen molar-refractivity contribution in [2.24, 2.45) is 11.8 Å². The van der Waals surface area contributed by atoms with Gasteiger partial charge >= 0.3 is 5.97 Å². The minimum absolute atomic E-state index is 0.0392. The highest BCUT2D eigenvalue weighted by atomic mass is 32.2. The Morgan fingerprint density at radius 3 is 2.62 bits per heavy atom. The fourth-order valence-electron chi connectivity index (χ4n) is 4.84. The number of morpholine rings is 1. The summed E-state index contributed by atoms with van der Waals surface area (Å²) in [5.74, 6) is -2.09. The number of aliphatic hydroxyl groups excluding tert-OH is 1. The second-order valence-corrected chi connectivity index (χ2v) is 9.49. The predicted octanol–water partition coefficient (Wildman–Crippen LogP) is -0.537. The van der Waals surface area contributed by atoms with E-state index >= 15 is 0 Å². The smallest absolute Gasteiger partial charge is 0.353 e. The Bertz CT molecular complexity index is 750. The minimum Gasteiger partial charge on any atom is -0.477 e. The number of carbonyl (C=O) groups excluding carboxylic acids is 2. The lowest BCUT2D eigenvalue weighted by Gasteiger charge is -2.46. The van der Waals surface area contributed by atoms with E-state index in [9.17, 15) is 24.6 Å². The molecule has 0 aromatic carbocycles. The first-order valence-electron chi connectivity index (χ1n) is 10.1. The Morgan fingerprint density at radius 2 is 2.00 bits per heavy atom. The zero-order chi connectivity index (χ0) is 20.9. The maximum absolute atomic E-state index is 12.7. The van der Waals surface area contributed by atoms with Gasteiger partial charge in [0.25, 0.3) is 0 Å². The average molecular weight is 426 g/mol. The van der Waals surface area contributed by atoms with Gasteiger partial charge in [-0.15, -0.1) is 11.8 Å². The number of nitrogens with zero attached hydrogens (tertiary/aromatic N) is 2. The molecule has 4 aliphatic heterocycles. The van der Waals surface area contributed by atoms with Crippen molar-refractivity contribution >= 4 is 29.5 Å². The molecule has 4 rings (SSSR count). The molecule has 2 amide bonds. The van der Waals surface area contributed by atoms with E-state index in [4.69, 9.17) is 4.74 Å². The molecular formula is C19H27N3O6S. The molecule has 3 N–H and O–H groups in total. The van der Waals surface area contributed by atoms with Crippen LogP contribution in [0.3, 0.4) is 0 Å². The molecule has 4 heterocycles. The number of rotatable bonds is 5. The van der Waals surface area contributed by atoms with E-state index in [1.165, 1.54) is 16.7 Å². The Morgan fingerprint density at radius 1 is 1.31 bits per heavy atom. The molecule has 0 aromatic heterocycles. The van der Waals surface area contributed by atoms with Gasteiger partial charge in [0.15, 0.2) is 0 Å². The summed E-state index contributed by atoms with van der Waals surface area (Å²) in [6.45, 7) is 6.39. The summed E-state index contributed by atoms with van der Waals surface area (Å²) in [4.78, 5) is 40.9. The van der Waals surface area contributed by atoms with Crippen molar-refractivity contribution in [2.75, 3.05) is 32.8 Å². The lowest BCUT2D eigenvalue weighted by molar-refractivity contribution is -0.163. The molecule has 0 saturated carbocycles. The lowest BCUT2D eigenvalue weighted by Crippen LogP contribution is -2.63. The molecular weight excluding hydrogens is 398 g/mol. The van der Waals surface area contributed by atoms with Gasteiger partial charge in [-0.1, -0.05) is 6.92 Å². The monoisotopic (exact) mass is 425 g/mol. The standard InChI is InChI=1S/C19H27N3O6S/c1-9-14-13(10(2)23)18(25)22(14)15(19(26)27)16(9)29-11-7-12(20-8-11)17(24)21-3-5-28-6-4-21/h9-14,20,23H,3-8H2,1-2H3,(H,26,27)/t9?,10?,11?,12?,13?,14-/m0/s1. The summed E-state index contributed by atoms with van der Waals surface area (Å²) in [5, 5.41) is 23.0. The normalized spacial score (nSPS) is 35.6. The third kappa shape index (κ3) is 3.45. The Labute approximate surface area is 173 Å². The number of β-lactam (4-membered cyclic amide) rings is 1. The summed E-state index contributed by atoms with van der Waals surface area (Å²) in [7, 11) is 0. The molecule has 6 atom stereocenters. The number of hydrogen-bond acceptors (Lipinski definition) is 7. The van der Waals surface area contributed by atoms with E-state index in [1.54, 1.807) is 6.92 Å². The van der Waals surface area contributed by atoms with Crippen LogP contribution >= 0.6 is 11.8 Å². The van der Waals surface area contributed by atoms with Crippen LogP contribution in [0, 0.1) is 11.8 Å². The molecule has 160 valence electrons. The van der Waals surface area contributed by atoms with E-state index < -0.39 is 18.0 Å². The Balaban J connectivity index is 1.45. The number of hydrogen-bond donors (Lipinski definition) is 3. The van der Waals surface area contributed by atoms with Crippen LogP contribution in [-0.4, -0.2) is 94.1 Å². The number of thioether (sulfide) groups is 1. The summed E-state index contributed by atoms with van der Waals surface area (Å²) < 4.78 is 5.30.